The summed E-state index contributed by atoms with van der Waals surface area (Å²) in [6, 6.07) is 14.6. The van der Waals surface area contributed by atoms with Crippen LogP contribution in [-0.4, -0.2) is 28.2 Å². The molecular formula is C27H25ClN2O3S. The lowest BCUT2D eigenvalue weighted by atomic mass is 9.99. The maximum atomic E-state index is 13.6. The van der Waals surface area contributed by atoms with Gasteiger partial charge in [-0.1, -0.05) is 41.6 Å². The van der Waals surface area contributed by atoms with Crippen molar-refractivity contribution in [3.05, 3.63) is 91.7 Å². The second-order valence-electron chi connectivity index (χ2n) is 8.29. The molecule has 0 saturated heterocycles. The van der Waals surface area contributed by atoms with Crippen LogP contribution in [0.5, 0.6) is 5.75 Å². The van der Waals surface area contributed by atoms with Crippen LogP contribution in [0.25, 0.3) is 16.6 Å². The fourth-order valence-corrected chi connectivity index (χ4v) is 4.92. The number of thioether (sulfide) groups is 1. The smallest absolute Gasteiger partial charge is 0.266 e. The molecule has 1 aromatic heterocycles. The van der Waals surface area contributed by atoms with Crippen LogP contribution in [0.15, 0.2) is 58.5 Å². The van der Waals surface area contributed by atoms with Gasteiger partial charge in [0.25, 0.3) is 5.56 Å². The summed E-state index contributed by atoms with van der Waals surface area (Å²) in [5.41, 5.74) is 5.52. The Hall–Kier alpha value is -3.09. The van der Waals surface area contributed by atoms with Crippen molar-refractivity contribution in [3.63, 3.8) is 0 Å². The summed E-state index contributed by atoms with van der Waals surface area (Å²) in [6.07, 6.45) is 0. The zero-order valence-corrected chi connectivity index (χ0v) is 21.3. The minimum Gasteiger partial charge on any atom is -0.495 e. The van der Waals surface area contributed by atoms with Gasteiger partial charge in [-0.3, -0.25) is 14.2 Å². The Morgan fingerprint density at radius 3 is 2.44 bits per heavy atom. The van der Waals surface area contributed by atoms with E-state index in [1.807, 2.05) is 45.9 Å². The molecule has 34 heavy (non-hydrogen) atoms. The van der Waals surface area contributed by atoms with Crippen LogP contribution in [0.3, 0.4) is 0 Å². The number of para-hydroxylation sites is 1. The first kappa shape index (κ1) is 24.0. The molecule has 4 aromatic rings. The predicted octanol–water partition coefficient (Wildman–Crippen LogP) is 6.26. The normalized spacial score (nSPS) is 11.1. The van der Waals surface area contributed by atoms with Gasteiger partial charge in [0, 0.05) is 16.7 Å². The van der Waals surface area contributed by atoms with E-state index in [2.05, 4.69) is 0 Å². The number of hydrogen-bond donors (Lipinski definition) is 0. The molecule has 4 rings (SSSR count). The molecule has 0 unspecified atom stereocenters. The maximum absolute atomic E-state index is 13.6. The number of nitrogens with zero attached hydrogens (tertiary/aromatic N) is 2. The van der Waals surface area contributed by atoms with E-state index < -0.39 is 0 Å². The van der Waals surface area contributed by atoms with E-state index in [0.717, 1.165) is 22.3 Å². The van der Waals surface area contributed by atoms with Gasteiger partial charge in [0.1, 0.15) is 5.75 Å². The lowest BCUT2D eigenvalue weighted by Gasteiger charge is -2.17. The van der Waals surface area contributed by atoms with E-state index in [-0.39, 0.29) is 17.1 Å². The number of ketones is 1. The summed E-state index contributed by atoms with van der Waals surface area (Å²) in [6.45, 7) is 7.83. The summed E-state index contributed by atoms with van der Waals surface area (Å²) in [5, 5.41) is 1.44. The highest BCUT2D eigenvalue weighted by atomic mass is 35.5. The van der Waals surface area contributed by atoms with Crippen molar-refractivity contribution in [2.24, 2.45) is 0 Å². The second-order valence-corrected chi connectivity index (χ2v) is 9.64. The average Bonchev–Trinajstić information content (AvgIpc) is 2.81. The quantitative estimate of drug-likeness (QED) is 0.181. The molecule has 0 spiro atoms. The molecule has 0 fully saturated rings. The Morgan fingerprint density at radius 2 is 1.71 bits per heavy atom. The van der Waals surface area contributed by atoms with Crippen molar-refractivity contribution in [1.29, 1.82) is 0 Å². The third-order valence-electron chi connectivity index (χ3n) is 5.92. The second kappa shape index (κ2) is 9.65. The number of Topliss-reactive ketones (excluding diaryl/α,β-unsaturated/α-hetero) is 1. The van der Waals surface area contributed by atoms with Crippen LogP contribution in [0.4, 0.5) is 0 Å². The number of aromatic nitrogens is 2. The topological polar surface area (TPSA) is 61.2 Å². The fourth-order valence-electron chi connectivity index (χ4n) is 3.88. The van der Waals surface area contributed by atoms with Gasteiger partial charge in [-0.05, 0) is 74.2 Å². The van der Waals surface area contributed by atoms with Crippen molar-refractivity contribution >= 4 is 40.0 Å². The van der Waals surface area contributed by atoms with Gasteiger partial charge in [0.2, 0.25) is 0 Å². The zero-order chi connectivity index (χ0) is 24.6. The van der Waals surface area contributed by atoms with Crippen molar-refractivity contribution in [2.45, 2.75) is 32.9 Å². The number of ether oxygens (including phenoxy) is 1. The van der Waals surface area contributed by atoms with Crippen LogP contribution < -0.4 is 10.3 Å². The number of hydrogen-bond acceptors (Lipinski definition) is 5. The molecule has 0 bridgehead atoms. The Balaban J connectivity index is 1.83. The van der Waals surface area contributed by atoms with E-state index >= 15 is 0 Å². The molecule has 7 heteroatoms. The molecule has 0 amide bonds. The number of methoxy groups -OCH3 is 1. The third-order valence-corrected chi connectivity index (χ3v) is 7.27. The Kier molecular flexibility index (Phi) is 6.82. The van der Waals surface area contributed by atoms with E-state index in [0.29, 0.717) is 38.1 Å². The van der Waals surface area contributed by atoms with Gasteiger partial charge in [-0.25, -0.2) is 4.98 Å². The van der Waals surface area contributed by atoms with Gasteiger partial charge in [0.15, 0.2) is 10.9 Å². The number of carbonyl (C=O) groups excluding carboxylic acids is 1. The van der Waals surface area contributed by atoms with Crippen LogP contribution >= 0.6 is 23.4 Å². The largest absolute Gasteiger partial charge is 0.495 e. The van der Waals surface area contributed by atoms with Gasteiger partial charge in [-0.15, -0.1) is 0 Å². The summed E-state index contributed by atoms with van der Waals surface area (Å²) < 4.78 is 7.05. The SMILES string of the molecule is COc1cc(Cl)c(C)cc1-n1c(SCC(=O)c2cc(C)c(C)cc2C)nc2ccccc2c1=O. The third kappa shape index (κ3) is 4.48. The number of halogens is 1. The molecular weight excluding hydrogens is 468 g/mol. The maximum Gasteiger partial charge on any atom is 0.266 e. The van der Waals surface area contributed by atoms with Gasteiger partial charge in [0.05, 0.1) is 29.5 Å². The molecule has 0 radical (unpaired) electrons. The summed E-state index contributed by atoms with van der Waals surface area (Å²) in [4.78, 5) is 31.5. The minimum atomic E-state index is -0.233. The Morgan fingerprint density at radius 1 is 1.00 bits per heavy atom. The van der Waals surface area contributed by atoms with E-state index in [4.69, 9.17) is 21.3 Å². The monoisotopic (exact) mass is 492 g/mol. The van der Waals surface area contributed by atoms with Crippen molar-refractivity contribution in [2.75, 3.05) is 12.9 Å². The molecule has 0 N–H and O–H groups in total. The summed E-state index contributed by atoms with van der Waals surface area (Å²) >= 11 is 7.54. The van der Waals surface area contributed by atoms with Crippen molar-refractivity contribution < 1.29 is 9.53 Å². The highest BCUT2D eigenvalue weighted by Crippen LogP contribution is 2.32. The summed E-state index contributed by atoms with van der Waals surface area (Å²) in [7, 11) is 1.53. The first-order chi connectivity index (χ1) is 16.2. The van der Waals surface area contributed by atoms with E-state index in [9.17, 15) is 9.59 Å². The van der Waals surface area contributed by atoms with E-state index in [1.54, 1.807) is 30.3 Å². The standard InChI is InChI=1S/C27H25ClN2O3S/c1-15-10-17(3)20(11-16(15)2)24(31)14-34-27-29-22-9-7-6-8-19(22)26(32)30(27)23-12-18(4)21(28)13-25(23)33-5/h6-13H,14H2,1-5H3. The van der Waals surface area contributed by atoms with Crippen molar-refractivity contribution in [1.82, 2.24) is 9.55 Å². The molecule has 1 heterocycles. The average molecular weight is 493 g/mol. The zero-order valence-electron chi connectivity index (χ0n) is 19.7. The molecule has 3 aromatic carbocycles. The van der Waals surface area contributed by atoms with Gasteiger partial charge >= 0.3 is 0 Å². The van der Waals surface area contributed by atoms with Crippen LogP contribution in [-0.2, 0) is 0 Å². The Labute approximate surface area is 207 Å². The van der Waals surface area contributed by atoms with Crippen molar-refractivity contribution in [3.8, 4) is 11.4 Å². The molecule has 0 aliphatic carbocycles. The number of benzene rings is 3. The van der Waals surface area contributed by atoms with Crippen LogP contribution in [0.2, 0.25) is 5.02 Å². The molecule has 0 aliphatic rings. The number of rotatable bonds is 6. The first-order valence-electron chi connectivity index (χ1n) is 10.8. The summed E-state index contributed by atoms with van der Waals surface area (Å²) in [5.74, 6) is 0.579. The van der Waals surface area contributed by atoms with Gasteiger partial charge in [-0.2, -0.15) is 0 Å². The molecule has 0 aliphatic heterocycles. The number of fused-ring (bicyclic) bond motifs is 1. The minimum absolute atomic E-state index is 0.0150. The molecule has 5 nitrogen and oxygen atoms in total. The number of carbonyl (C=O) groups is 1. The molecule has 0 saturated carbocycles. The van der Waals surface area contributed by atoms with Crippen LogP contribution in [0.1, 0.15) is 32.6 Å². The number of aryl methyl sites for hydroxylation is 4. The van der Waals surface area contributed by atoms with Crippen LogP contribution in [0, 0.1) is 27.7 Å². The first-order valence-corrected chi connectivity index (χ1v) is 12.2. The fraction of sp³-hybridized carbons (Fsp3) is 0.222. The van der Waals surface area contributed by atoms with Gasteiger partial charge < -0.3 is 4.74 Å². The van der Waals surface area contributed by atoms with E-state index in [1.165, 1.54) is 23.4 Å². The highest BCUT2D eigenvalue weighted by molar-refractivity contribution is 7.99. The molecule has 174 valence electrons. The highest BCUT2D eigenvalue weighted by Gasteiger charge is 2.20. The Bertz CT molecular complexity index is 1490. The predicted molar refractivity (Wildman–Crippen MR) is 139 cm³/mol. The lowest BCUT2D eigenvalue weighted by Crippen LogP contribution is -2.23. The molecule has 0 atom stereocenters. The lowest BCUT2D eigenvalue weighted by molar-refractivity contribution is 0.102.